The van der Waals surface area contributed by atoms with Gasteiger partial charge in [0.2, 0.25) is 0 Å². The van der Waals surface area contributed by atoms with E-state index in [1.807, 2.05) is 12.1 Å². The average molecular weight is 358 g/mol. The summed E-state index contributed by atoms with van der Waals surface area (Å²) >= 11 is 0. The Labute approximate surface area is 154 Å². The van der Waals surface area contributed by atoms with Gasteiger partial charge in [0.25, 0.3) is 5.91 Å². The Bertz CT molecular complexity index is 733. The number of halogens is 1. The quantitative estimate of drug-likeness (QED) is 0.780. The molecule has 1 amide bonds. The summed E-state index contributed by atoms with van der Waals surface area (Å²) in [5.41, 5.74) is 7.51. The van der Waals surface area contributed by atoms with E-state index in [1.165, 1.54) is 12.1 Å². The number of ether oxygens (including phenoxy) is 1. The molecular formula is C21H27FN2O2. The molecule has 0 spiro atoms. The van der Waals surface area contributed by atoms with Crippen molar-refractivity contribution in [3.63, 3.8) is 0 Å². The van der Waals surface area contributed by atoms with Crippen LogP contribution in [0.25, 0.3) is 0 Å². The second kappa shape index (κ2) is 9.34. The SMILES string of the molecule is CC(C)C(N)CCN(C)C(=O)c1cccc(COc2cccc(F)c2)c1. The van der Waals surface area contributed by atoms with Gasteiger partial charge in [-0.3, -0.25) is 4.79 Å². The Morgan fingerprint density at radius 1 is 1.19 bits per heavy atom. The van der Waals surface area contributed by atoms with Gasteiger partial charge in [0.1, 0.15) is 18.2 Å². The monoisotopic (exact) mass is 358 g/mol. The van der Waals surface area contributed by atoms with Crippen molar-refractivity contribution in [3.05, 3.63) is 65.5 Å². The van der Waals surface area contributed by atoms with Crippen LogP contribution >= 0.6 is 0 Å². The van der Waals surface area contributed by atoms with E-state index in [0.717, 1.165) is 12.0 Å². The molecule has 0 fully saturated rings. The lowest BCUT2D eigenvalue weighted by Gasteiger charge is -2.21. The molecule has 0 saturated heterocycles. The van der Waals surface area contributed by atoms with E-state index in [2.05, 4.69) is 13.8 Å². The van der Waals surface area contributed by atoms with Crippen molar-refractivity contribution in [1.29, 1.82) is 0 Å². The van der Waals surface area contributed by atoms with Gasteiger partial charge in [-0.05, 0) is 42.2 Å². The van der Waals surface area contributed by atoms with Crippen molar-refractivity contribution in [1.82, 2.24) is 4.90 Å². The molecular weight excluding hydrogens is 331 g/mol. The predicted molar refractivity (Wildman–Crippen MR) is 102 cm³/mol. The highest BCUT2D eigenvalue weighted by atomic mass is 19.1. The fraction of sp³-hybridized carbons (Fsp3) is 0.381. The van der Waals surface area contributed by atoms with Crippen LogP contribution in [0.15, 0.2) is 48.5 Å². The van der Waals surface area contributed by atoms with Crippen LogP contribution < -0.4 is 10.5 Å². The first kappa shape index (κ1) is 19.9. The molecule has 140 valence electrons. The van der Waals surface area contributed by atoms with E-state index < -0.39 is 0 Å². The first-order valence-corrected chi connectivity index (χ1v) is 8.85. The van der Waals surface area contributed by atoms with Crippen LogP contribution in [0.4, 0.5) is 4.39 Å². The van der Waals surface area contributed by atoms with Crippen molar-refractivity contribution in [2.24, 2.45) is 11.7 Å². The molecule has 0 saturated carbocycles. The number of nitrogens with zero attached hydrogens (tertiary/aromatic N) is 1. The Morgan fingerprint density at radius 3 is 2.62 bits per heavy atom. The molecule has 1 atom stereocenters. The topological polar surface area (TPSA) is 55.6 Å². The molecule has 0 radical (unpaired) electrons. The first-order valence-electron chi connectivity index (χ1n) is 8.85. The van der Waals surface area contributed by atoms with Gasteiger partial charge in [0, 0.05) is 31.3 Å². The third-order valence-corrected chi connectivity index (χ3v) is 4.38. The van der Waals surface area contributed by atoms with E-state index in [0.29, 0.717) is 23.8 Å². The Hall–Kier alpha value is -2.40. The first-order chi connectivity index (χ1) is 12.4. The lowest BCUT2D eigenvalue weighted by atomic mass is 10.0. The fourth-order valence-electron chi connectivity index (χ4n) is 2.52. The standard InChI is InChI=1S/C21H27FN2O2/c1-15(2)20(23)10-11-24(3)21(25)17-7-4-6-16(12-17)14-26-19-9-5-8-18(22)13-19/h4-9,12-13,15,20H,10-11,14,23H2,1-3H3. The van der Waals surface area contributed by atoms with Crippen molar-refractivity contribution >= 4 is 5.91 Å². The fourth-order valence-corrected chi connectivity index (χ4v) is 2.52. The molecule has 0 aliphatic carbocycles. The number of benzene rings is 2. The number of carbonyl (C=O) groups is 1. The molecule has 0 aromatic heterocycles. The normalized spacial score (nSPS) is 12.1. The zero-order valence-corrected chi connectivity index (χ0v) is 15.6. The van der Waals surface area contributed by atoms with Crippen LogP contribution in [-0.2, 0) is 6.61 Å². The highest BCUT2D eigenvalue weighted by Crippen LogP contribution is 2.15. The maximum atomic E-state index is 13.2. The van der Waals surface area contributed by atoms with Crippen LogP contribution in [0.1, 0.15) is 36.2 Å². The van der Waals surface area contributed by atoms with Gasteiger partial charge in [0.15, 0.2) is 0 Å². The van der Waals surface area contributed by atoms with Gasteiger partial charge in [0.05, 0.1) is 0 Å². The van der Waals surface area contributed by atoms with Crippen molar-refractivity contribution < 1.29 is 13.9 Å². The second-order valence-electron chi connectivity index (χ2n) is 6.87. The lowest BCUT2D eigenvalue weighted by Crippen LogP contribution is -2.34. The van der Waals surface area contributed by atoms with Crippen LogP contribution in [0.3, 0.4) is 0 Å². The molecule has 5 heteroatoms. The minimum absolute atomic E-state index is 0.0476. The van der Waals surface area contributed by atoms with Crippen molar-refractivity contribution in [2.45, 2.75) is 32.9 Å². The maximum Gasteiger partial charge on any atom is 0.253 e. The van der Waals surface area contributed by atoms with Gasteiger partial charge in [-0.2, -0.15) is 0 Å². The second-order valence-corrected chi connectivity index (χ2v) is 6.87. The molecule has 0 aliphatic rings. The van der Waals surface area contributed by atoms with E-state index >= 15 is 0 Å². The van der Waals surface area contributed by atoms with Crippen LogP contribution in [-0.4, -0.2) is 30.4 Å². The molecule has 2 N–H and O–H groups in total. The highest BCUT2D eigenvalue weighted by molar-refractivity contribution is 5.94. The lowest BCUT2D eigenvalue weighted by molar-refractivity contribution is 0.0789. The van der Waals surface area contributed by atoms with Crippen LogP contribution in [0.2, 0.25) is 0 Å². The third-order valence-electron chi connectivity index (χ3n) is 4.38. The smallest absolute Gasteiger partial charge is 0.253 e. The van der Waals surface area contributed by atoms with Crippen LogP contribution in [0, 0.1) is 11.7 Å². The Balaban J connectivity index is 1.95. The zero-order chi connectivity index (χ0) is 19.1. The van der Waals surface area contributed by atoms with Gasteiger partial charge in [-0.15, -0.1) is 0 Å². The average Bonchev–Trinajstić information content (AvgIpc) is 2.63. The van der Waals surface area contributed by atoms with Crippen LogP contribution in [0.5, 0.6) is 5.75 Å². The van der Waals surface area contributed by atoms with Crippen molar-refractivity contribution in [2.75, 3.05) is 13.6 Å². The van der Waals surface area contributed by atoms with E-state index in [1.54, 1.807) is 36.2 Å². The summed E-state index contributed by atoms with van der Waals surface area (Å²) in [6.07, 6.45) is 0.766. The van der Waals surface area contributed by atoms with E-state index in [9.17, 15) is 9.18 Å². The van der Waals surface area contributed by atoms with Crippen molar-refractivity contribution in [3.8, 4) is 5.75 Å². The number of rotatable bonds is 8. The zero-order valence-electron chi connectivity index (χ0n) is 15.6. The Kier molecular flexibility index (Phi) is 7.16. The number of carbonyl (C=O) groups excluding carboxylic acids is 1. The van der Waals surface area contributed by atoms with Gasteiger partial charge >= 0.3 is 0 Å². The molecule has 1 unspecified atom stereocenters. The summed E-state index contributed by atoms with van der Waals surface area (Å²) in [7, 11) is 1.78. The predicted octanol–water partition coefficient (Wildman–Crippen LogP) is 3.85. The van der Waals surface area contributed by atoms with Gasteiger partial charge in [-0.1, -0.05) is 32.0 Å². The number of amides is 1. The largest absolute Gasteiger partial charge is 0.489 e. The summed E-state index contributed by atoms with van der Waals surface area (Å²) in [6, 6.07) is 13.4. The van der Waals surface area contributed by atoms with E-state index in [-0.39, 0.29) is 24.4 Å². The summed E-state index contributed by atoms with van der Waals surface area (Å²) < 4.78 is 18.8. The molecule has 0 aliphatic heterocycles. The Morgan fingerprint density at radius 2 is 1.92 bits per heavy atom. The van der Waals surface area contributed by atoms with Gasteiger partial charge < -0.3 is 15.4 Å². The maximum absolute atomic E-state index is 13.2. The molecule has 2 aromatic carbocycles. The highest BCUT2D eigenvalue weighted by Gasteiger charge is 2.15. The summed E-state index contributed by atoms with van der Waals surface area (Å²) in [5.74, 6) is 0.463. The molecule has 0 bridgehead atoms. The summed E-state index contributed by atoms with van der Waals surface area (Å²) in [6.45, 7) is 5.04. The minimum atomic E-state index is -0.340. The molecule has 2 aromatic rings. The number of hydrogen-bond acceptors (Lipinski definition) is 3. The molecule has 2 rings (SSSR count). The third kappa shape index (κ3) is 5.85. The minimum Gasteiger partial charge on any atom is -0.489 e. The van der Waals surface area contributed by atoms with E-state index in [4.69, 9.17) is 10.5 Å². The molecule has 26 heavy (non-hydrogen) atoms. The number of hydrogen-bond donors (Lipinski definition) is 1. The summed E-state index contributed by atoms with van der Waals surface area (Å²) in [4.78, 5) is 14.3. The summed E-state index contributed by atoms with van der Waals surface area (Å²) in [5, 5.41) is 0. The van der Waals surface area contributed by atoms with Gasteiger partial charge in [-0.25, -0.2) is 4.39 Å². The molecule has 0 heterocycles. The number of nitrogens with two attached hydrogens (primary N) is 1. The molecule has 4 nitrogen and oxygen atoms in total.